The zero-order valence-corrected chi connectivity index (χ0v) is 17.7. The number of aromatic nitrogens is 2. The molecule has 1 saturated heterocycles. The van der Waals surface area contributed by atoms with Gasteiger partial charge in [-0.25, -0.2) is 13.1 Å². The molecule has 28 heavy (non-hydrogen) atoms. The fraction of sp³-hybridized carbons (Fsp3) is 0.474. The summed E-state index contributed by atoms with van der Waals surface area (Å²) >= 11 is 5.92. The average molecular weight is 425 g/mol. The Morgan fingerprint density at radius 3 is 2.57 bits per heavy atom. The molecule has 0 radical (unpaired) electrons. The summed E-state index contributed by atoms with van der Waals surface area (Å²) in [4.78, 5) is 16.9. The smallest absolute Gasteiger partial charge is 0.257 e. The minimum atomic E-state index is -3.08. The molecule has 1 aromatic carbocycles. The minimum Gasteiger partial charge on any atom is -0.334 e. The van der Waals surface area contributed by atoms with Crippen LogP contribution in [0.5, 0.6) is 0 Å². The molecule has 1 aliphatic heterocycles. The van der Waals surface area contributed by atoms with Gasteiger partial charge < -0.3 is 9.80 Å². The molecule has 1 fully saturated rings. The maximum atomic E-state index is 13.2. The van der Waals surface area contributed by atoms with Crippen LogP contribution in [0.25, 0.3) is 5.69 Å². The Morgan fingerprint density at radius 1 is 1.25 bits per heavy atom. The van der Waals surface area contributed by atoms with E-state index < -0.39 is 9.84 Å². The maximum Gasteiger partial charge on any atom is 0.257 e. The molecule has 3 rings (SSSR count). The summed E-state index contributed by atoms with van der Waals surface area (Å²) in [6.07, 6.45) is 4.47. The van der Waals surface area contributed by atoms with Crippen LogP contribution in [0.4, 0.5) is 0 Å². The van der Waals surface area contributed by atoms with Crippen LogP contribution in [0.3, 0.4) is 0 Å². The summed E-state index contributed by atoms with van der Waals surface area (Å²) in [6.45, 7) is 1.34. The number of hydrogen-bond donors (Lipinski definition) is 0. The highest BCUT2D eigenvalue weighted by atomic mass is 35.5. The lowest BCUT2D eigenvalue weighted by Crippen LogP contribution is -2.42. The predicted octanol–water partition coefficient (Wildman–Crippen LogP) is 2.11. The highest BCUT2D eigenvalue weighted by Gasteiger charge is 2.35. The second-order valence-corrected chi connectivity index (χ2v) is 10.0. The summed E-state index contributed by atoms with van der Waals surface area (Å²) in [6, 6.07) is 6.89. The molecule has 7 nitrogen and oxygen atoms in total. The highest BCUT2D eigenvalue weighted by Crippen LogP contribution is 2.21. The van der Waals surface area contributed by atoms with Gasteiger partial charge in [0, 0.05) is 23.8 Å². The van der Waals surface area contributed by atoms with Gasteiger partial charge in [0.05, 0.1) is 29.0 Å². The van der Waals surface area contributed by atoms with Crippen molar-refractivity contribution >= 4 is 27.3 Å². The first-order valence-electron chi connectivity index (χ1n) is 9.22. The van der Waals surface area contributed by atoms with Crippen LogP contribution in [-0.4, -0.2) is 78.6 Å². The van der Waals surface area contributed by atoms with Crippen molar-refractivity contribution in [1.29, 1.82) is 0 Å². The minimum absolute atomic E-state index is 0.0338. The van der Waals surface area contributed by atoms with Crippen molar-refractivity contribution in [3.05, 3.63) is 47.2 Å². The monoisotopic (exact) mass is 424 g/mol. The van der Waals surface area contributed by atoms with E-state index in [1.165, 1.54) is 6.20 Å². The van der Waals surface area contributed by atoms with E-state index in [4.69, 9.17) is 11.6 Å². The zero-order valence-electron chi connectivity index (χ0n) is 16.1. The van der Waals surface area contributed by atoms with Crippen LogP contribution in [0.2, 0.25) is 5.02 Å². The second-order valence-electron chi connectivity index (χ2n) is 7.36. The van der Waals surface area contributed by atoms with E-state index >= 15 is 0 Å². The van der Waals surface area contributed by atoms with Gasteiger partial charge in [-0.05, 0) is 57.7 Å². The molecule has 1 aliphatic rings. The number of rotatable bonds is 7. The molecule has 1 unspecified atom stereocenters. The number of hydrogen-bond acceptors (Lipinski definition) is 5. The topological polar surface area (TPSA) is 75.5 Å². The third kappa shape index (κ3) is 5.12. The highest BCUT2D eigenvalue weighted by molar-refractivity contribution is 7.91. The van der Waals surface area contributed by atoms with Crippen LogP contribution in [-0.2, 0) is 9.84 Å². The molecule has 0 saturated carbocycles. The Bertz CT molecular complexity index is 925. The fourth-order valence-corrected chi connectivity index (χ4v) is 5.22. The molecule has 1 atom stereocenters. The van der Waals surface area contributed by atoms with E-state index in [-0.39, 0.29) is 23.5 Å². The van der Waals surface area contributed by atoms with Crippen molar-refractivity contribution in [2.75, 3.05) is 38.7 Å². The first-order chi connectivity index (χ1) is 13.2. The van der Waals surface area contributed by atoms with Crippen molar-refractivity contribution in [3.63, 3.8) is 0 Å². The van der Waals surface area contributed by atoms with Crippen molar-refractivity contribution in [1.82, 2.24) is 19.6 Å². The van der Waals surface area contributed by atoms with E-state index in [9.17, 15) is 13.2 Å². The number of carbonyl (C=O) groups excluding carboxylic acids is 1. The number of benzene rings is 1. The molecule has 0 N–H and O–H groups in total. The molecule has 152 valence electrons. The van der Waals surface area contributed by atoms with E-state index in [0.717, 1.165) is 18.7 Å². The number of sulfone groups is 1. The second kappa shape index (κ2) is 8.63. The lowest BCUT2D eigenvalue weighted by atomic mass is 10.1. The van der Waals surface area contributed by atoms with E-state index in [1.807, 2.05) is 31.1 Å². The van der Waals surface area contributed by atoms with Gasteiger partial charge in [-0.15, -0.1) is 0 Å². The van der Waals surface area contributed by atoms with Crippen molar-refractivity contribution < 1.29 is 13.2 Å². The quantitative estimate of drug-likeness (QED) is 0.680. The summed E-state index contributed by atoms with van der Waals surface area (Å²) in [5.41, 5.74) is 1.25. The first kappa shape index (κ1) is 20.8. The Morgan fingerprint density at radius 2 is 1.96 bits per heavy atom. The Kier molecular flexibility index (Phi) is 6.42. The zero-order chi connectivity index (χ0) is 20.3. The van der Waals surface area contributed by atoms with E-state index in [0.29, 0.717) is 23.6 Å². The van der Waals surface area contributed by atoms with E-state index in [1.54, 1.807) is 27.9 Å². The van der Waals surface area contributed by atoms with Gasteiger partial charge in [0.1, 0.15) is 0 Å². The normalized spacial score (nSPS) is 18.5. The summed E-state index contributed by atoms with van der Waals surface area (Å²) in [5, 5.41) is 4.91. The van der Waals surface area contributed by atoms with Gasteiger partial charge in [-0.2, -0.15) is 5.10 Å². The molecule has 0 spiro atoms. The SMILES string of the molecule is CN(C)CCCN(C(=O)c1cnn(-c2ccc(Cl)cc2)c1)C1CCS(=O)(=O)C1. The first-order valence-corrected chi connectivity index (χ1v) is 11.4. The number of halogens is 1. The molecular weight excluding hydrogens is 400 g/mol. The third-order valence-electron chi connectivity index (χ3n) is 4.84. The summed E-state index contributed by atoms with van der Waals surface area (Å²) in [7, 11) is 0.872. The average Bonchev–Trinajstić information content (AvgIpc) is 3.25. The third-order valence-corrected chi connectivity index (χ3v) is 6.84. The van der Waals surface area contributed by atoms with Gasteiger partial charge in [-0.1, -0.05) is 11.6 Å². The Hall–Kier alpha value is -1.90. The van der Waals surface area contributed by atoms with Crippen molar-refractivity contribution in [3.8, 4) is 5.69 Å². The molecule has 0 aliphatic carbocycles. The molecule has 0 bridgehead atoms. The fourth-order valence-electron chi connectivity index (χ4n) is 3.36. The molecule has 2 aromatic rings. The lowest BCUT2D eigenvalue weighted by Gasteiger charge is -2.28. The molecule has 1 aromatic heterocycles. The number of amides is 1. The van der Waals surface area contributed by atoms with Crippen LogP contribution >= 0.6 is 11.6 Å². The van der Waals surface area contributed by atoms with Crippen molar-refractivity contribution in [2.45, 2.75) is 18.9 Å². The molecule has 2 heterocycles. The standard InChI is InChI=1S/C19H25ClN4O3S/c1-22(2)9-3-10-23(18-8-11-28(26,27)14-18)19(25)15-12-21-24(13-15)17-6-4-16(20)5-7-17/h4-7,12-13,18H,3,8-11,14H2,1-2H3. The van der Waals surface area contributed by atoms with Crippen molar-refractivity contribution in [2.24, 2.45) is 0 Å². The van der Waals surface area contributed by atoms with Crippen LogP contribution < -0.4 is 0 Å². The van der Waals surface area contributed by atoms with Crippen LogP contribution in [0.1, 0.15) is 23.2 Å². The Labute approximate surface area is 170 Å². The van der Waals surface area contributed by atoms with E-state index in [2.05, 4.69) is 5.10 Å². The number of carbonyl (C=O) groups is 1. The van der Waals surface area contributed by atoms with Gasteiger partial charge in [0.25, 0.3) is 5.91 Å². The van der Waals surface area contributed by atoms with Gasteiger partial charge >= 0.3 is 0 Å². The number of nitrogens with zero attached hydrogens (tertiary/aromatic N) is 4. The molecular formula is C19H25ClN4O3S. The van der Waals surface area contributed by atoms with Gasteiger partial charge in [-0.3, -0.25) is 4.79 Å². The predicted molar refractivity (Wildman–Crippen MR) is 110 cm³/mol. The summed E-state index contributed by atoms with van der Waals surface area (Å²) < 4.78 is 25.5. The van der Waals surface area contributed by atoms with Crippen LogP contribution in [0.15, 0.2) is 36.7 Å². The Balaban J connectivity index is 1.79. The largest absolute Gasteiger partial charge is 0.334 e. The maximum absolute atomic E-state index is 13.2. The molecule has 1 amide bonds. The van der Waals surface area contributed by atoms with Gasteiger partial charge in [0.2, 0.25) is 0 Å². The van der Waals surface area contributed by atoms with Gasteiger partial charge in [0.15, 0.2) is 9.84 Å². The van der Waals surface area contributed by atoms with Crippen LogP contribution in [0, 0.1) is 0 Å². The molecule has 9 heteroatoms. The summed E-state index contributed by atoms with van der Waals surface area (Å²) in [5.74, 6) is -0.00775. The lowest BCUT2D eigenvalue weighted by molar-refractivity contribution is 0.0690.